The third kappa shape index (κ3) is 2.73. The molecular formula is C12H13N3S. The Balaban J connectivity index is 2.11. The predicted molar refractivity (Wildman–Crippen MR) is 67.2 cm³/mol. The Morgan fingerprint density at radius 1 is 1.19 bits per heavy atom. The maximum absolute atomic E-state index is 5.61. The normalized spacial score (nSPS) is 12.3. The van der Waals surface area contributed by atoms with Crippen molar-refractivity contribution in [2.45, 2.75) is 17.3 Å². The maximum atomic E-state index is 5.61. The summed E-state index contributed by atoms with van der Waals surface area (Å²) < 4.78 is 0. The lowest BCUT2D eigenvalue weighted by Crippen LogP contribution is -1.95. The van der Waals surface area contributed by atoms with Crippen LogP contribution in [0, 0.1) is 0 Å². The minimum Gasteiger partial charge on any atom is -0.384 e. The number of hydrogen-bond donors (Lipinski definition) is 1. The number of benzene rings is 1. The predicted octanol–water partition coefficient (Wildman–Crippen LogP) is 2.91. The lowest BCUT2D eigenvalue weighted by atomic mass is 10.2. The van der Waals surface area contributed by atoms with Crippen molar-refractivity contribution < 1.29 is 0 Å². The molecule has 4 heteroatoms. The molecule has 0 aliphatic heterocycles. The van der Waals surface area contributed by atoms with Crippen LogP contribution in [0.4, 0.5) is 5.82 Å². The molecule has 1 atom stereocenters. The molecule has 2 N–H and O–H groups in total. The molecule has 0 unspecified atom stereocenters. The topological polar surface area (TPSA) is 51.8 Å². The monoisotopic (exact) mass is 231 g/mol. The smallest absolute Gasteiger partial charge is 0.190 e. The molecule has 1 aromatic heterocycles. The lowest BCUT2D eigenvalue weighted by Gasteiger charge is -2.09. The van der Waals surface area contributed by atoms with Gasteiger partial charge in [-0.3, -0.25) is 0 Å². The summed E-state index contributed by atoms with van der Waals surface area (Å²) in [6, 6.07) is 12.0. The van der Waals surface area contributed by atoms with E-state index in [1.807, 2.05) is 18.2 Å². The number of anilines is 1. The highest BCUT2D eigenvalue weighted by atomic mass is 32.2. The van der Waals surface area contributed by atoms with Gasteiger partial charge in [0, 0.05) is 11.4 Å². The van der Waals surface area contributed by atoms with Gasteiger partial charge in [0.15, 0.2) is 5.16 Å². The molecule has 16 heavy (non-hydrogen) atoms. The van der Waals surface area contributed by atoms with Gasteiger partial charge in [-0.05, 0) is 18.6 Å². The molecule has 1 aromatic carbocycles. The third-order valence-electron chi connectivity index (χ3n) is 2.21. The first-order chi connectivity index (χ1) is 7.75. The Kier molecular flexibility index (Phi) is 3.41. The summed E-state index contributed by atoms with van der Waals surface area (Å²) in [4.78, 5) is 8.35. The van der Waals surface area contributed by atoms with Gasteiger partial charge in [0.05, 0.1) is 0 Å². The first-order valence-electron chi connectivity index (χ1n) is 5.06. The molecule has 0 amide bonds. The maximum Gasteiger partial charge on any atom is 0.190 e. The van der Waals surface area contributed by atoms with Crippen LogP contribution in [-0.4, -0.2) is 9.97 Å². The summed E-state index contributed by atoms with van der Waals surface area (Å²) in [5.41, 5.74) is 6.87. The summed E-state index contributed by atoms with van der Waals surface area (Å²) in [6.07, 6.45) is 1.68. The first kappa shape index (κ1) is 11.0. The van der Waals surface area contributed by atoms with Crippen LogP contribution < -0.4 is 5.73 Å². The third-order valence-corrected chi connectivity index (χ3v) is 3.24. The number of nitrogens with zero attached hydrogens (tertiary/aromatic N) is 2. The van der Waals surface area contributed by atoms with E-state index < -0.39 is 0 Å². The lowest BCUT2D eigenvalue weighted by molar-refractivity contribution is 0.960. The molecule has 0 saturated carbocycles. The molecule has 2 aromatic rings. The van der Waals surface area contributed by atoms with E-state index in [2.05, 4.69) is 29.0 Å². The molecular weight excluding hydrogens is 218 g/mol. The highest BCUT2D eigenvalue weighted by molar-refractivity contribution is 7.99. The number of nitrogens with two attached hydrogens (primary N) is 1. The van der Waals surface area contributed by atoms with Crippen molar-refractivity contribution in [1.82, 2.24) is 9.97 Å². The molecule has 0 aliphatic rings. The van der Waals surface area contributed by atoms with Crippen molar-refractivity contribution in [2.75, 3.05) is 5.73 Å². The van der Waals surface area contributed by atoms with Gasteiger partial charge in [-0.1, -0.05) is 42.1 Å². The van der Waals surface area contributed by atoms with Gasteiger partial charge in [-0.25, -0.2) is 9.97 Å². The van der Waals surface area contributed by atoms with Crippen LogP contribution >= 0.6 is 11.8 Å². The first-order valence-corrected chi connectivity index (χ1v) is 5.94. The fraction of sp³-hybridized carbons (Fsp3) is 0.167. The zero-order chi connectivity index (χ0) is 11.4. The van der Waals surface area contributed by atoms with Gasteiger partial charge in [-0.2, -0.15) is 0 Å². The van der Waals surface area contributed by atoms with Gasteiger partial charge >= 0.3 is 0 Å². The van der Waals surface area contributed by atoms with Crippen molar-refractivity contribution in [3.8, 4) is 0 Å². The van der Waals surface area contributed by atoms with Gasteiger partial charge in [0.2, 0.25) is 0 Å². The molecule has 0 spiro atoms. The van der Waals surface area contributed by atoms with Crippen LogP contribution in [0.3, 0.4) is 0 Å². The van der Waals surface area contributed by atoms with Crippen molar-refractivity contribution >= 4 is 17.6 Å². The SMILES string of the molecule is C[C@H](Sc1nccc(N)n1)c1ccccc1. The van der Waals surface area contributed by atoms with Gasteiger partial charge < -0.3 is 5.73 Å². The van der Waals surface area contributed by atoms with Gasteiger partial charge in [0.1, 0.15) is 5.82 Å². The van der Waals surface area contributed by atoms with Gasteiger partial charge in [-0.15, -0.1) is 0 Å². The van der Waals surface area contributed by atoms with E-state index in [9.17, 15) is 0 Å². The molecule has 0 saturated heterocycles. The van der Waals surface area contributed by atoms with Crippen molar-refractivity contribution in [2.24, 2.45) is 0 Å². The molecule has 0 bridgehead atoms. The van der Waals surface area contributed by atoms with Crippen molar-refractivity contribution in [3.63, 3.8) is 0 Å². The summed E-state index contributed by atoms with van der Waals surface area (Å²) in [5.74, 6) is 0.512. The Hall–Kier alpha value is -1.55. The number of hydrogen-bond acceptors (Lipinski definition) is 4. The second-order valence-electron chi connectivity index (χ2n) is 3.43. The van der Waals surface area contributed by atoms with E-state index in [0.29, 0.717) is 11.1 Å². The highest BCUT2D eigenvalue weighted by Gasteiger charge is 2.08. The van der Waals surface area contributed by atoms with Crippen LogP contribution in [0.2, 0.25) is 0 Å². The standard InChI is InChI=1S/C12H13N3S/c1-9(10-5-3-2-4-6-10)16-12-14-8-7-11(13)15-12/h2-9H,1H3,(H2,13,14,15)/t9-/m0/s1. The van der Waals surface area contributed by atoms with E-state index in [0.717, 1.165) is 5.16 Å². The van der Waals surface area contributed by atoms with E-state index in [-0.39, 0.29) is 0 Å². The average molecular weight is 231 g/mol. The van der Waals surface area contributed by atoms with Gasteiger partial charge in [0.25, 0.3) is 0 Å². The molecule has 3 nitrogen and oxygen atoms in total. The largest absolute Gasteiger partial charge is 0.384 e. The molecule has 0 fully saturated rings. The fourth-order valence-corrected chi connectivity index (χ4v) is 2.25. The Labute approximate surface area is 99.1 Å². The summed E-state index contributed by atoms with van der Waals surface area (Å²) in [7, 11) is 0. The molecule has 1 heterocycles. The summed E-state index contributed by atoms with van der Waals surface area (Å²) in [6.45, 7) is 2.13. The fourth-order valence-electron chi connectivity index (χ4n) is 1.36. The Bertz CT molecular complexity index is 459. The van der Waals surface area contributed by atoms with Crippen LogP contribution in [0.25, 0.3) is 0 Å². The number of aromatic nitrogens is 2. The van der Waals surface area contributed by atoms with Crippen LogP contribution in [0.15, 0.2) is 47.8 Å². The molecule has 0 aliphatic carbocycles. The van der Waals surface area contributed by atoms with E-state index in [1.165, 1.54) is 5.56 Å². The molecule has 0 radical (unpaired) electrons. The summed E-state index contributed by atoms with van der Waals surface area (Å²) in [5, 5.41) is 1.04. The molecule has 2 rings (SSSR count). The Morgan fingerprint density at radius 3 is 2.62 bits per heavy atom. The minimum atomic E-state index is 0.322. The van der Waals surface area contributed by atoms with Crippen LogP contribution in [0.1, 0.15) is 17.7 Å². The quantitative estimate of drug-likeness (QED) is 0.652. The van der Waals surface area contributed by atoms with E-state index >= 15 is 0 Å². The van der Waals surface area contributed by atoms with Crippen molar-refractivity contribution in [3.05, 3.63) is 48.2 Å². The second kappa shape index (κ2) is 4.99. The minimum absolute atomic E-state index is 0.322. The number of nitrogen functional groups attached to an aromatic ring is 1. The highest BCUT2D eigenvalue weighted by Crippen LogP contribution is 2.32. The van der Waals surface area contributed by atoms with Crippen LogP contribution in [-0.2, 0) is 0 Å². The van der Waals surface area contributed by atoms with E-state index in [4.69, 9.17) is 5.73 Å². The number of rotatable bonds is 3. The van der Waals surface area contributed by atoms with E-state index in [1.54, 1.807) is 24.0 Å². The average Bonchev–Trinajstić information content (AvgIpc) is 2.30. The van der Waals surface area contributed by atoms with Crippen molar-refractivity contribution in [1.29, 1.82) is 0 Å². The zero-order valence-corrected chi connectivity index (χ0v) is 9.82. The molecule has 82 valence electrons. The van der Waals surface area contributed by atoms with Crippen LogP contribution in [0.5, 0.6) is 0 Å². The second-order valence-corrected chi connectivity index (χ2v) is 4.74. The Morgan fingerprint density at radius 2 is 1.94 bits per heavy atom. The summed E-state index contributed by atoms with van der Waals surface area (Å²) >= 11 is 1.61. The zero-order valence-electron chi connectivity index (χ0n) is 9.00. The number of thioether (sulfide) groups is 1.